The Morgan fingerprint density at radius 2 is 1.55 bits per heavy atom. The molecule has 0 rings (SSSR count). The van der Waals surface area contributed by atoms with Crippen molar-refractivity contribution in [1.82, 2.24) is 0 Å². The predicted molar refractivity (Wildman–Crippen MR) is 42.9 cm³/mol. The van der Waals surface area contributed by atoms with Gasteiger partial charge in [-0.25, -0.2) is 0 Å². The SMILES string of the molecule is C=C(OC)C(OC)=C(C)OC. The Labute approximate surface area is 67.3 Å². The highest BCUT2D eigenvalue weighted by Gasteiger charge is 2.07. The van der Waals surface area contributed by atoms with Gasteiger partial charge in [-0.15, -0.1) is 0 Å². The van der Waals surface area contributed by atoms with Gasteiger partial charge in [0.2, 0.25) is 0 Å². The number of methoxy groups -OCH3 is 3. The summed E-state index contributed by atoms with van der Waals surface area (Å²) in [6.07, 6.45) is 0. The van der Waals surface area contributed by atoms with Gasteiger partial charge in [0.25, 0.3) is 0 Å². The second-order valence-electron chi connectivity index (χ2n) is 1.92. The first-order valence-electron chi connectivity index (χ1n) is 3.19. The van der Waals surface area contributed by atoms with Gasteiger partial charge < -0.3 is 14.2 Å². The van der Waals surface area contributed by atoms with Crippen LogP contribution in [0.15, 0.2) is 23.9 Å². The molecule has 0 aromatic carbocycles. The van der Waals surface area contributed by atoms with Crippen molar-refractivity contribution in [3.8, 4) is 0 Å². The summed E-state index contributed by atoms with van der Waals surface area (Å²) in [7, 11) is 4.64. The normalized spacial score (nSPS) is 11.6. The van der Waals surface area contributed by atoms with Crippen LogP contribution in [0, 0.1) is 0 Å². The lowest BCUT2D eigenvalue weighted by molar-refractivity contribution is 0.187. The highest BCUT2D eigenvalue weighted by Crippen LogP contribution is 2.14. The number of allylic oxidation sites excluding steroid dienone is 1. The van der Waals surface area contributed by atoms with Gasteiger partial charge in [-0.2, -0.15) is 0 Å². The molecule has 0 saturated heterocycles. The zero-order valence-electron chi connectivity index (χ0n) is 7.43. The van der Waals surface area contributed by atoms with Gasteiger partial charge in [-0.3, -0.25) is 0 Å². The van der Waals surface area contributed by atoms with E-state index in [0.29, 0.717) is 17.3 Å². The molecular weight excluding hydrogens is 144 g/mol. The Morgan fingerprint density at radius 1 is 1.00 bits per heavy atom. The lowest BCUT2D eigenvalue weighted by Gasteiger charge is -2.10. The zero-order valence-corrected chi connectivity index (χ0v) is 7.43. The van der Waals surface area contributed by atoms with E-state index in [2.05, 4.69) is 6.58 Å². The summed E-state index contributed by atoms with van der Waals surface area (Å²) in [5.41, 5.74) is 0. The maximum absolute atomic E-state index is 4.99. The Balaban J connectivity index is 4.50. The third kappa shape index (κ3) is 2.53. The molecule has 0 saturated carbocycles. The predicted octanol–water partition coefficient (Wildman–Crippen LogP) is 1.67. The van der Waals surface area contributed by atoms with Gasteiger partial charge in [-0.1, -0.05) is 6.58 Å². The van der Waals surface area contributed by atoms with Crippen molar-refractivity contribution < 1.29 is 14.2 Å². The third-order valence-electron chi connectivity index (χ3n) is 1.33. The van der Waals surface area contributed by atoms with Gasteiger partial charge in [0.1, 0.15) is 5.76 Å². The van der Waals surface area contributed by atoms with E-state index in [4.69, 9.17) is 14.2 Å². The van der Waals surface area contributed by atoms with Crippen LogP contribution in [0.1, 0.15) is 6.92 Å². The van der Waals surface area contributed by atoms with Gasteiger partial charge in [0.05, 0.1) is 21.3 Å². The molecule has 0 radical (unpaired) electrons. The summed E-state index contributed by atoms with van der Waals surface area (Å²) in [6.45, 7) is 5.41. The average molecular weight is 158 g/mol. The molecule has 0 N–H and O–H groups in total. The summed E-state index contributed by atoms with van der Waals surface area (Å²) >= 11 is 0. The molecule has 0 aliphatic rings. The van der Waals surface area contributed by atoms with E-state index in [-0.39, 0.29) is 0 Å². The van der Waals surface area contributed by atoms with Crippen molar-refractivity contribution in [2.24, 2.45) is 0 Å². The van der Waals surface area contributed by atoms with E-state index in [1.54, 1.807) is 21.1 Å². The van der Waals surface area contributed by atoms with E-state index in [0.717, 1.165) is 0 Å². The van der Waals surface area contributed by atoms with Gasteiger partial charge >= 0.3 is 0 Å². The Kier molecular flexibility index (Phi) is 4.18. The number of hydrogen-bond acceptors (Lipinski definition) is 3. The van der Waals surface area contributed by atoms with E-state index in [1.807, 2.05) is 0 Å². The Bertz CT molecular complexity index is 170. The minimum atomic E-state index is 0.465. The van der Waals surface area contributed by atoms with Gasteiger partial charge in [0.15, 0.2) is 11.5 Å². The minimum absolute atomic E-state index is 0.465. The Morgan fingerprint density at radius 3 is 1.82 bits per heavy atom. The van der Waals surface area contributed by atoms with Crippen LogP contribution in [0.4, 0.5) is 0 Å². The standard InChI is InChI=1S/C8H14O3/c1-6(9-3)8(11-5)7(2)10-4/h1H2,2-5H3. The molecule has 0 fully saturated rings. The number of hydrogen-bond donors (Lipinski definition) is 0. The summed E-state index contributed by atoms with van der Waals surface area (Å²) in [5, 5.41) is 0. The molecule has 0 aliphatic carbocycles. The Hall–Kier alpha value is -1.12. The van der Waals surface area contributed by atoms with Crippen LogP contribution >= 0.6 is 0 Å². The van der Waals surface area contributed by atoms with Crippen molar-refractivity contribution in [1.29, 1.82) is 0 Å². The summed E-state index contributed by atoms with van der Waals surface area (Å²) < 4.78 is 14.8. The van der Waals surface area contributed by atoms with Crippen molar-refractivity contribution in [2.45, 2.75) is 6.92 Å². The minimum Gasteiger partial charge on any atom is -0.497 e. The first-order chi connectivity index (χ1) is 5.17. The first kappa shape index (κ1) is 9.88. The number of ether oxygens (including phenoxy) is 3. The molecule has 0 spiro atoms. The van der Waals surface area contributed by atoms with Crippen molar-refractivity contribution >= 4 is 0 Å². The van der Waals surface area contributed by atoms with E-state index < -0.39 is 0 Å². The fraction of sp³-hybridized carbons (Fsp3) is 0.500. The van der Waals surface area contributed by atoms with Crippen LogP contribution in [0.25, 0.3) is 0 Å². The molecule has 3 heteroatoms. The fourth-order valence-corrected chi connectivity index (χ4v) is 0.639. The lowest BCUT2D eigenvalue weighted by atomic mass is 10.4. The molecule has 0 aromatic heterocycles. The molecule has 3 nitrogen and oxygen atoms in total. The van der Waals surface area contributed by atoms with Gasteiger partial charge in [0, 0.05) is 0 Å². The summed E-state index contributed by atoms with van der Waals surface area (Å²) in [6, 6.07) is 0. The summed E-state index contributed by atoms with van der Waals surface area (Å²) in [5.74, 6) is 1.65. The van der Waals surface area contributed by atoms with Crippen molar-refractivity contribution in [2.75, 3.05) is 21.3 Å². The highest BCUT2D eigenvalue weighted by atomic mass is 16.5. The largest absolute Gasteiger partial charge is 0.497 e. The van der Waals surface area contributed by atoms with Crippen LogP contribution in [-0.2, 0) is 14.2 Å². The molecule has 0 heterocycles. The second-order valence-corrected chi connectivity index (χ2v) is 1.92. The van der Waals surface area contributed by atoms with Crippen molar-refractivity contribution in [3.63, 3.8) is 0 Å². The fourth-order valence-electron chi connectivity index (χ4n) is 0.639. The van der Waals surface area contributed by atoms with E-state index in [1.165, 1.54) is 7.11 Å². The topological polar surface area (TPSA) is 27.7 Å². The molecule has 0 atom stereocenters. The molecule has 64 valence electrons. The molecule has 0 unspecified atom stereocenters. The smallest absolute Gasteiger partial charge is 0.197 e. The zero-order chi connectivity index (χ0) is 8.85. The molecule has 0 aliphatic heterocycles. The molecule has 11 heavy (non-hydrogen) atoms. The van der Waals surface area contributed by atoms with Gasteiger partial charge in [-0.05, 0) is 6.92 Å². The highest BCUT2D eigenvalue weighted by molar-refractivity contribution is 5.19. The van der Waals surface area contributed by atoms with Crippen LogP contribution in [0.5, 0.6) is 0 Å². The maximum Gasteiger partial charge on any atom is 0.197 e. The van der Waals surface area contributed by atoms with Crippen LogP contribution in [0.3, 0.4) is 0 Å². The monoisotopic (exact) mass is 158 g/mol. The molecule has 0 bridgehead atoms. The second kappa shape index (κ2) is 4.66. The van der Waals surface area contributed by atoms with Crippen LogP contribution < -0.4 is 0 Å². The maximum atomic E-state index is 4.99. The quantitative estimate of drug-likeness (QED) is 0.460. The third-order valence-corrected chi connectivity index (χ3v) is 1.33. The first-order valence-corrected chi connectivity index (χ1v) is 3.19. The lowest BCUT2D eigenvalue weighted by Crippen LogP contribution is -1.98. The van der Waals surface area contributed by atoms with Crippen LogP contribution in [0.2, 0.25) is 0 Å². The van der Waals surface area contributed by atoms with Crippen molar-refractivity contribution in [3.05, 3.63) is 23.9 Å². The van der Waals surface area contributed by atoms with Crippen LogP contribution in [-0.4, -0.2) is 21.3 Å². The average Bonchev–Trinajstić information content (AvgIpc) is 2.05. The van der Waals surface area contributed by atoms with E-state index >= 15 is 0 Å². The summed E-state index contributed by atoms with van der Waals surface area (Å²) in [4.78, 5) is 0. The molecule has 0 amide bonds. The number of rotatable bonds is 4. The molecule has 0 aromatic rings. The molecular formula is C8H14O3. The van der Waals surface area contributed by atoms with E-state index in [9.17, 15) is 0 Å².